The van der Waals surface area contributed by atoms with Gasteiger partial charge < -0.3 is 43.4 Å². The van der Waals surface area contributed by atoms with E-state index in [0.29, 0.717) is 12.8 Å². The average molecular weight is 488 g/mol. The third-order valence-corrected chi connectivity index (χ3v) is 4.78. The number of nitrogens with zero attached hydrogens (tertiary/aromatic N) is 1. The number of amides is 3. The van der Waals surface area contributed by atoms with E-state index in [1.807, 2.05) is 27.7 Å². The predicted molar refractivity (Wildman–Crippen MR) is 127 cm³/mol. The van der Waals surface area contributed by atoms with Gasteiger partial charge in [0.2, 0.25) is 17.7 Å². The highest BCUT2D eigenvalue weighted by atomic mass is 16.4. The SMILES string of the molecule is CC(C)CC(N)C(=O)NC(CO)C(=O)NC(CCCN=C(N)N)C(=O)NC(CC(C)C)C(=O)O. The van der Waals surface area contributed by atoms with Gasteiger partial charge >= 0.3 is 5.97 Å². The van der Waals surface area contributed by atoms with Crippen molar-refractivity contribution in [3.8, 4) is 0 Å². The Kier molecular flexibility index (Phi) is 14.5. The van der Waals surface area contributed by atoms with Crippen molar-refractivity contribution in [2.45, 2.75) is 77.5 Å². The fourth-order valence-electron chi connectivity index (χ4n) is 3.10. The second-order valence-electron chi connectivity index (χ2n) is 9.02. The molecule has 13 heteroatoms. The lowest BCUT2D eigenvalue weighted by atomic mass is 10.0. The first kappa shape index (κ1) is 31.1. The molecule has 11 N–H and O–H groups in total. The van der Waals surface area contributed by atoms with Crippen molar-refractivity contribution >= 4 is 29.7 Å². The summed E-state index contributed by atoms with van der Waals surface area (Å²) in [6.07, 6.45) is 0.960. The van der Waals surface area contributed by atoms with E-state index in [1.54, 1.807) is 0 Å². The molecule has 0 aliphatic heterocycles. The number of aliphatic carboxylic acids is 1. The lowest BCUT2D eigenvalue weighted by molar-refractivity contribution is -0.143. The third kappa shape index (κ3) is 12.9. The number of nitrogens with one attached hydrogen (secondary N) is 3. The molecule has 0 heterocycles. The lowest BCUT2D eigenvalue weighted by Gasteiger charge is -2.25. The zero-order chi connectivity index (χ0) is 26.4. The first-order valence-corrected chi connectivity index (χ1v) is 11.3. The van der Waals surface area contributed by atoms with Gasteiger partial charge in [0.1, 0.15) is 18.1 Å². The van der Waals surface area contributed by atoms with Gasteiger partial charge in [-0.15, -0.1) is 0 Å². The van der Waals surface area contributed by atoms with Crippen molar-refractivity contribution in [1.29, 1.82) is 0 Å². The molecule has 3 amide bonds. The van der Waals surface area contributed by atoms with E-state index in [1.165, 1.54) is 0 Å². The van der Waals surface area contributed by atoms with Crippen LogP contribution in [0.4, 0.5) is 0 Å². The van der Waals surface area contributed by atoms with E-state index in [4.69, 9.17) is 17.2 Å². The Morgan fingerprint density at radius 1 is 0.824 bits per heavy atom. The standard InChI is InChI=1S/C21H41N7O6/c1-11(2)8-13(22)17(30)28-16(10-29)19(32)26-14(6-5-7-25-21(23)24)18(31)27-15(20(33)34)9-12(3)4/h11-16,29H,5-10,22H2,1-4H3,(H,26,32)(H,27,31)(H,28,30)(H,33,34)(H4,23,24,25). The average Bonchev–Trinajstić information content (AvgIpc) is 2.71. The molecule has 0 saturated carbocycles. The lowest BCUT2D eigenvalue weighted by Crippen LogP contribution is -2.58. The number of hydrogen-bond donors (Lipinski definition) is 8. The van der Waals surface area contributed by atoms with Gasteiger partial charge in [-0.05, 0) is 37.5 Å². The van der Waals surface area contributed by atoms with Crippen LogP contribution >= 0.6 is 0 Å². The molecule has 0 saturated heterocycles. The smallest absolute Gasteiger partial charge is 0.326 e. The van der Waals surface area contributed by atoms with E-state index in [9.17, 15) is 29.4 Å². The van der Waals surface area contributed by atoms with E-state index < -0.39 is 54.5 Å². The van der Waals surface area contributed by atoms with Gasteiger partial charge in [0.05, 0.1) is 12.6 Å². The molecule has 0 aliphatic carbocycles. The van der Waals surface area contributed by atoms with Crippen LogP contribution in [0.2, 0.25) is 0 Å². The first-order chi connectivity index (χ1) is 15.8. The molecule has 0 aromatic carbocycles. The number of carboxylic acids is 1. The molecule has 34 heavy (non-hydrogen) atoms. The minimum atomic E-state index is -1.34. The molecule has 0 aromatic heterocycles. The minimum Gasteiger partial charge on any atom is -0.480 e. The van der Waals surface area contributed by atoms with Crippen LogP contribution in [-0.2, 0) is 19.2 Å². The number of carbonyl (C=O) groups excluding carboxylic acids is 3. The molecule has 196 valence electrons. The minimum absolute atomic E-state index is 0.000312. The molecule has 0 fully saturated rings. The maximum atomic E-state index is 12.8. The molecule has 0 bridgehead atoms. The summed E-state index contributed by atoms with van der Waals surface area (Å²) in [5.74, 6) is -3.33. The second-order valence-corrected chi connectivity index (χ2v) is 9.02. The van der Waals surface area contributed by atoms with Crippen LogP contribution in [0.15, 0.2) is 4.99 Å². The zero-order valence-corrected chi connectivity index (χ0v) is 20.4. The largest absolute Gasteiger partial charge is 0.480 e. The zero-order valence-electron chi connectivity index (χ0n) is 20.4. The highest BCUT2D eigenvalue weighted by Crippen LogP contribution is 2.07. The van der Waals surface area contributed by atoms with Gasteiger partial charge in [-0.2, -0.15) is 0 Å². The molecule has 0 aromatic rings. The van der Waals surface area contributed by atoms with E-state index >= 15 is 0 Å². The topological polar surface area (TPSA) is 235 Å². The third-order valence-electron chi connectivity index (χ3n) is 4.78. The fraction of sp³-hybridized carbons (Fsp3) is 0.762. The van der Waals surface area contributed by atoms with Crippen LogP contribution in [0, 0.1) is 11.8 Å². The number of guanidine groups is 1. The van der Waals surface area contributed by atoms with Crippen molar-refractivity contribution in [2.24, 2.45) is 34.0 Å². The number of aliphatic hydroxyl groups excluding tert-OH is 1. The molecule has 13 nitrogen and oxygen atoms in total. The van der Waals surface area contributed by atoms with Gasteiger partial charge in [-0.3, -0.25) is 19.4 Å². The summed E-state index contributed by atoms with van der Waals surface area (Å²) in [5, 5.41) is 26.3. The second kappa shape index (κ2) is 15.8. The summed E-state index contributed by atoms with van der Waals surface area (Å²) in [4.78, 5) is 53.1. The number of carbonyl (C=O) groups is 4. The van der Waals surface area contributed by atoms with E-state index in [2.05, 4.69) is 20.9 Å². The summed E-state index contributed by atoms with van der Waals surface area (Å²) in [6.45, 7) is 6.86. The number of hydrogen-bond acceptors (Lipinski definition) is 7. The maximum absolute atomic E-state index is 12.8. The first-order valence-electron chi connectivity index (χ1n) is 11.3. The van der Waals surface area contributed by atoms with Crippen molar-refractivity contribution in [3.05, 3.63) is 0 Å². The normalized spacial score (nSPS) is 14.6. The fourth-order valence-corrected chi connectivity index (χ4v) is 3.10. The number of aliphatic imine (C=N–C) groups is 1. The van der Waals surface area contributed by atoms with Crippen molar-refractivity contribution in [2.75, 3.05) is 13.2 Å². The number of carboxylic acid groups (broad SMARTS) is 1. The Hall–Kier alpha value is -2.93. The van der Waals surface area contributed by atoms with Gasteiger partial charge in [0.25, 0.3) is 0 Å². The molecule has 0 rings (SSSR count). The van der Waals surface area contributed by atoms with Crippen molar-refractivity contribution < 1.29 is 29.4 Å². The van der Waals surface area contributed by atoms with Gasteiger partial charge in [0.15, 0.2) is 5.96 Å². The highest BCUT2D eigenvalue weighted by molar-refractivity contribution is 5.94. The number of aliphatic hydroxyl groups is 1. The Morgan fingerprint density at radius 2 is 1.32 bits per heavy atom. The Bertz CT molecular complexity index is 710. The summed E-state index contributed by atoms with van der Waals surface area (Å²) in [6, 6.07) is -4.50. The van der Waals surface area contributed by atoms with Crippen LogP contribution in [0.25, 0.3) is 0 Å². The van der Waals surface area contributed by atoms with Crippen LogP contribution in [0.3, 0.4) is 0 Å². The van der Waals surface area contributed by atoms with Crippen molar-refractivity contribution in [3.63, 3.8) is 0 Å². The van der Waals surface area contributed by atoms with E-state index in [0.717, 1.165) is 0 Å². The van der Waals surface area contributed by atoms with Crippen LogP contribution in [0.1, 0.15) is 53.4 Å². The maximum Gasteiger partial charge on any atom is 0.326 e. The summed E-state index contributed by atoms with van der Waals surface area (Å²) < 4.78 is 0. The quantitative estimate of drug-likeness (QED) is 0.0681. The Morgan fingerprint density at radius 3 is 1.79 bits per heavy atom. The molecular weight excluding hydrogens is 446 g/mol. The van der Waals surface area contributed by atoms with E-state index in [-0.39, 0.29) is 37.2 Å². The molecule has 0 radical (unpaired) electrons. The predicted octanol–water partition coefficient (Wildman–Crippen LogP) is -2.01. The number of nitrogens with two attached hydrogens (primary N) is 3. The molecule has 4 unspecified atom stereocenters. The monoisotopic (exact) mass is 487 g/mol. The van der Waals surface area contributed by atoms with Crippen molar-refractivity contribution in [1.82, 2.24) is 16.0 Å². The van der Waals surface area contributed by atoms with Crippen LogP contribution < -0.4 is 33.2 Å². The Balaban J connectivity index is 5.40. The Labute approximate surface area is 200 Å². The van der Waals surface area contributed by atoms with Gasteiger partial charge in [0, 0.05) is 6.54 Å². The summed E-state index contributed by atoms with van der Waals surface area (Å²) in [7, 11) is 0. The number of rotatable bonds is 16. The molecule has 4 atom stereocenters. The van der Waals surface area contributed by atoms with Crippen LogP contribution in [0.5, 0.6) is 0 Å². The highest BCUT2D eigenvalue weighted by Gasteiger charge is 2.30. The summed E-state index contributed by atoms with van der Waals surface area (Å²) >= 11 is 0. The summed E-state index contributed by atoms with van der Waals surface area (Å²) in [5.41, 5.74) is 16.4. The molecular formula is C21H41N7O6. The van der Waals surface area contributed by atoms with Gasteiger partial charge in [-0.25, -0.2) is 4.79 Å². The van der Waals surface area contributed by atoms with Crippen LogP contribution in [-0.4, -0.2) is 77.2 Å². The molecule has 0 aliphatic rings. The molecule has 0 spiro atoms. The van der Waals surface area contributed by atoms with Gasteiger partial charge in [-0.1, -0.05) is 27.7 Å².